The molecule has 1 N–H and O–H groups in total. The minimum Gasteiger partial charge on any atom is -0.494 e. The molecule has 0 saturated heterocycles. The lowest BCUT2D eigenvalue weighted by Crippen LogP contribution is -2.20. The number of hydrogen-bond acceptors (Lipinski definition) is 5. The van der Waals surface area contributed by atoms with Crippen LogP contribution in [0.4, 0.5) is 5.69 Å². The monoisotopic (exact) mass is 350 g/mol. The van der Waals surface area contributed by atoms with Gasteiger partial charge in [-0.1, -0.05) is 18.2 Å². The van der Waals surface area contributed by atoms with Gasteiger partial charge in [0.05, 0.1) is 18.2 Å². The molecule has 2 rings (SSSR count). The molecule has 2 aromatic rings. The molecule has 0 aliphatic heterocycles. The van der Waals surface area contributed by atoms with Gasteiger partial charge in [-0.15, -0.1) is 0 Å². The number of nitrogens with one attached hydrogen (secondary N) is 1. The van der Waals surface area contributed by atoms with Crippen molar-refractivity contribution < 1.29 is 19.1 Å². The maximum absolute atomic E-state index is 11.8. The lowest BCUT2D eigenvalue weighted by atomic mass is 10.2. The van der Waals surface area contributed by atoms with Crippen LogP contribution in [0.25, 0.3) is 6.08 Å². The standard InChI is InChI=1S/C20H18N2O4/c1-2-25-18-9-6-15(7-10-18)8-11-20(24)26-14-19(23)22-17-5-3-4-16(12-17)13-21/h3-12H,2,14H2,1H3,(H,22,23)/b11-8+. The molecule has 0 aliphatic rings. The molecule has 6 heteroatoms. The van der Waals surface area contributed by atoms with Crippen molar-refractivity contribution in [3.05, 3.63) is 65.7 Å². The van der Waals surface area contributed by atoms with E-state index in [1.807, 2.05) is 25.1 Å². The zero-order valence-corrected chi connectivity index (χ0v) is 14.3. The van der Waals surface area contributed by atoms with E-state index in [2.05, 4.69) is 5.32 Å². The molecule has 0 saturated carbocycles. The van der Waals surface area contributed by atoms with Crippen LogP contribution in [0.2, 0.25) is 0 Å². The molecule has 132 valence electrons. The number of anilines is 1. The summed E-state index contributed by atoms with van der Waals surface area (Å²) in [4.78, 5) is 23.5. The van der Waals surface area contributed by atoms with E-state index in [0.29, 0.717) is 17.9 Å². The second-order valence-electron chi connectivity index (χ2n) is 5.18. The molecular weight excluding hydrogens is 332 g/mol. The van der Waals surface area contributed by atoms with Crippen molar-refractivity contribution in [2.75, 3.05) is 18.5 Å². The number of carbonyl (C=O) groups excluding carboxylic acids is 2. The van der Waals surface area contributed by atoms with E-state index in [1.165, 1.54) is 12.1 Å². The Labute approximate surface area is 151 Å². The highest BCUT2D eigenvalue weighted by Crippen LogP contribution is 2.13. The molecule has 0 fully saturated rings. The van der Waals surface area contributed by atoms with Gasteiger partial charge in [0.15, 0.2) is 6.61 Å². The van der Waals surface area contributed by atoms with Gasteiger partial charge in [-0.05, 0) is 48.9 Å². The van der Waals surface area contributed by atoms with Crippen molar-refractivity contribution in [3.8, 4) is 11.8 Å². The van der Waals surface area contributed by atoms with E-state index >= 15 is 0 Å². The molecule has 2 aromatic carbocycles. The Morgan fingerprint density at radius 3 is 2.65 bits per heavy atom. The lowest BCUT2D eigenvalue weighted by Gasteiger charge is -2.05. The number of hydrogen-bond donors (Lipinski definition) is 1. The summed E-state index contributed by atoms with van der Waals surface area (Å²) in [7, 11) is 0. The summed E-state index contributed by atoms with van der Waals surface area (Å²) < 4.78 is 10.2. The Balaban J connectivity index is 1.80. The lowest BCUT2D eigenvalue weighted by molar-refractivity contribution is -0.142. The minimum atomic E-state index is -0.625. The highest BCUT2D eigenvalue weighted by atomic mass is 16.5. The maximum atomic E-state index is 11.8. The van der Waals surface area contributed by atoms with Crippen LogP contribution in [0, 0.1) is 11.3 Å². The van der Waals surface area contributed by atoms with Crippen LogP contribution in [0.3, 0.4) is 0 Å². The van der Waals surface area contributed by atoms with Gasteiger partial charge in [0.25, 0.3) is 5.91 Å². The fraction of sp³-hybridized carbons (Fsp3) is 0.150. The third-order valence-corrected chi connectivity index (χ3v) is 3.22. The van der Waals surface area contributed by atoms with E-state index in [4.69, 9.17) is 14.7 Å². The van der Waals surface area contributed by atoms with Crippen LogP contribution in [-0.4, -0.2) is 25.1 Å². The van der Waals surface area contributed by atoms with Gasteiger partial charge in [-0.2, -0.15) is 5.26 Å². The van der Waals surface area contributed by atoms with E-state index in [0.717, 1.165) is 11.3 Å². The van der Waals surface area contributed by atoms with Gasteiger partial charge < -0.3 is 14.8 Å². The van der Waals surface area contributed by atoms with Crippen molar-refractivity contribution in [1.82, 2.24) is 0 Å². The van der Waals surface area contributed by atoms with Gasteiger partial charge >= 0.3 is 5.97 Å². The number of rotatable bonds is 7. The highest BCUT2D eigenvalue weighted by Gasteiger charge is 2.06. The zero-order valence-electron chi connectivity index (χ0n) is 14.3. The van der Waals surface area contributed by atoms with Crippen molar-refractivity contribution in [1.29, 1.82) is 5.26 Å². The number of amides is 1. The molecule has 1 amide bonds. The van der Waals surface area contributed by atoms with Gasteiger partial charge in [0.1, 0.15) is 5.75 Å². The van der Waals surface area contributed by atoms with Gasteiger partial charge in [0.2, 0.25) is 0 Å². The summed E-state index contributed by atoms with van der Waals surface area (Å²) >= 11 is 0. The Bertz CT molecular complexity index is 836. The number of carbonyl (C=O) groups is 2. The van der Waals surface area contributed by atoms with Crippen molar-refractivity contribution in [3.63, 3.8) is 0 Å². The molecule has 0 aromatic heterocycles. The Morgan fingerprint density at radius 2 is 1.96 bits per heavy atom. The maximum Gasteiger partial charge on any atom is 0.331 e. The average molecular weight is 350 g/mol. The molecule has 26 heavy (non-hydrogen) atoms. The first-order chi connectivity index (χ1) is 12.6. The molecule has 0 aliphatic carbocycles. The van der Waals surface area contributed by atoms with Crippen LogP contribution in [0.1, 0.15) is 18.1 Å². The molecule has 0 spiro atoms. The van der Waals surface area contributed by atoms with Gasteiger partial charge in [0, 0.05) is 11.8 Å². The predicted molar refractivity (Wildman–Crippen MR) is 97.4 cm³/mol. The van der Waals surface area contributed by atoms with E-state index < -0.39 is 18.5 Å². The second-order valence-corrected chi connectivity index (χ2v) is 5.18. The zero-order chi connectivity index (χ0) is 18.8. The molecule has 0 heterocycles. The van der Waals surface area contributed by atoms with Gasteiger partial charge in [-0.25, -0.2) is 4.79 Å². The first-order valence-corrected chi connectivity index (χ1v) is 7.98. The first kappa shape index (κ1) is 18.7. The predicted octanol–water partition coefficient (Wildman–Crippen LogP) is 3.15. The fourth-order valence-corrected chi connectivity index (χ4v) is 2.05. The molecule has 0 atom stereocenters. The fourth-order valence-electron chi connectivity index (χ4n) is 2.05. The second kappa shape index (κ2) is 9.64. The summed E-state index contributed by atoms with van der Waals surface area (Å²) in [5.74, 6) is -0.355. The largest absolute Gasteiger partial charge is 0.494 e. The minimum absolute atomic E-state index is 0.413. The first-order valence-electron chi connectivity index (χ1n) is 7.98. The molecular formula is C20H18N2O4. The van der Waals surface area contributed by atoms with E-state index in [1.54, 1.807) is 36.4 Å². The molecule has 0 bridgehead atoms. The number of nitriles is 1. The summed E-state index contributed by atoms with van der Waals surface area (Å²) in [6.45, 7) is 2.08. The smallest absolute Gasteiger partial charge is 0.331 e. The van der Waals surface area contributed by atoms with Crippen LogP contribution in [0.15, 0.2) is 54.6 Å². The van der Waals surface area contributed by atoms with Crippen LogP contribution >= 0.6 is 0 Å². The topological polar surface area (TPSA) is 88.4 Å². The Hall–Kier alpha value is -3.59. The highest BCUT2D eigenvalue weighted by molar-refractivity contribution is 5.94. The molecule has 0 unspecified atom stereocenters. The summed E-state index contributed by atoms with van der Waals surface area (Å²) in [5, 5.41) is 11.4. The summed E-state index contributed by atoms with van der Waals surface area (Å²) in [6, 6.07) is 15.7. The van der Waals surface area contributed by atoms with Crippen molar-refractivity contribution in [2.45, 2.75) is 6.92 Å². The van der Waals surface area contributed by atoms with Crippen LogP contribution in [0.5, 0.6) is 5.75 Å². The summed E-state index contributed by atoms with van der Waals surface area (Å²) in [6.07, 6.45) is 2.84. The Morgan fingerprint density at radius 1 is 1.19 bits per heavy atom. The molecule has 6 nitrogen and oxygen atoms in total. The van der Waals surface area contributed by atoms with Crippen LogP contribution in [-0.2, 0) is 14.3 Å². The SMILES string of the molecule is CCOc1ccc(/C=C/C(=O)OCC(=O)Nc2cccc(C#N)c2)cc1. The Kier molecular flexibility index (Phi) is 6.95. The normalized spacial score (nSPS) is 10.2. The third kappa shape index (κ3) is 6.13. The van der Waals surface area contributed by atoms with Crippen molar-refractivity contribution in [2.24, 2.45) is 0 Å². The quantitative estimate of drug-likeness (QED) is 0.612. The van der Waals surface area contributed by atoms with Crippen molar-refractivity contribution >= 4 is 23.6 Å². The number of esters is 1. The van der Waals surface area contributed by atoms with Gasteiger partial charge in [-0.3, -0.25) is 4.79 Å². The third-order valence-electron chi connectivity index (χ3n) is 3.22. The molecule has 0 radical (unpaired) electrons. The van der Waals surface area contributed by atoms with E-state index in [9.17, 15) is 9.59 Å². The average Bonchev–Trinajstić information content (AvgIpc) is 2.66. The van der Waals surface area contributed by atoms with Crippen LogP contribution < -0.4 is 10.1 Å². The number of ether oxygens (including phenoxy) is 2. The number of benzene rings is 2. The number of nitrogens with zero attached hydrogens (tertiary/aromatic N) is 1. The van der Waals surface area contributed by atoms with E-state index in [-0.39, 0.29) is 0 Å². The summed E-state index contributed by atoms with van der Waals surface area (Å²) in [5.41, 5.74) is 1.70.